The highest BCUT2D eigenvalue weighted by Crippen LogP contribution is 2.22. The summed E-state index contributed by atoms with van der Waals surface area (Å²) in [6.07, 6.45) is 6.41. The van der Waals surface area contributed by atoms with Crippen LogP contribution in [0.5, 0.6) is 0 Å². The molecule has 1 saturated heterocycles. The van der Waals surface area contributed by atoms with Gasteiger partial charge in [-0.2, -0.15) is 11.3 Å². The molecule has 1 aliphatic rings. The van der Waals surface area contributed by atoms with Gasteiger partial charge in [0.1, 0.15) is 0 Å². The highest BCUT2D eigenvalue weighted by Gasteiger charge is 2.23. The van der Waals surface area contributed by atoms with E-state index in [9.17, 15) is 0 Å². The maximum Gasteiger partial charge on any atom is 0.0224 e. The molecular weight excluding hydrogens is 238 g/mol. The molecule has 2 heterocycles. The van der Waals surface area contributed by atoms with Gasteiger partial charge in [-0.15, -0.1) is 11.6 Å². The van der Waals surface area contributed by atoms with Crippen molar-refractivity contribution in [3.63, 3.8) is 0 Å². The van der Waals surface area contributed by atoms with Crippen LogP contribution in [0.1, 0.15) is 31.2 Å². The lowest BCUT2D eigenvalue weighted by atomic mass is 10.1. The van der Waals surface area contributed by atoms with E-state index in [1.807, 2.05) is 0 Å². The molecule has 1 unspecified atom stereocenters. The molecule has 3 heteroatoms. The third kappa shape index (κ3) is 3.47. The standard InChI is InChI=1S/C13H20ClNS/c14-7-1-3-13-4-2-8-15(13)9-5-12-6-10-16-11-12/h6,10-11,13H,1-5,7-9H2. The zero-order chi connectivity index (χ0) is 11.2. The van der Waals surface area contributed by atoms with Crippen molar-refractivity contribution in [2.75, 3.05) is 19.0 Å². The summed E-state index contributed by atoms with van der Waals surface area (Å²) < 4.78 is 0. The predicted molar refractivity (Wildman–Crippen MR) is 72.6 cm³/mol. The summed E-state index contributed by atoms with van der Waals surface area (Å²) >= 11 is 7.57. The number of halogens is 1. The lowest BCUT2D eigenvalue weighted by Crippen LogP contribution is -2.31. The Labute approximate surface area is 107 Å². The Morgan fingerprint density at radius 3 is 3.19 bits per heavy atom. The minimum atomic E-state index is 0.803. The fraction of sp³-hybridized carbons (Fsp3) is 0.692. The smallest absolute Gasteiger partial charge is 0.0224 e. The van der Waals surface area contributed by atoms with E-state index < -0.39 is 0 Å². The molecule has 0 aliphatic carbocycles. The second-order valence-corrected chi connectivity index (χ2v) is 5.70. The first-order chi connectivity index (χ1) is 7.90. The normalized spacial score (nSPS) is 21.7. The van der Waals surface area contributed by atoms with Gasteiger partial charge in [-0.3, -0.25) is 0 Å². The minimum Gasteiger partial charge on any atom is -0.300 e. The van der Waals surface area contributed by atoms with Crippen LogP contribution in [0.4, 0.5) is 0 Å². The number of alkyl halides is 1. The molecule has 0 bridgehead atoms. The third-order valence-electron chi connectivity index (χ3n) is 3.44. The topological polar surface area (TPSA) is 3.24 Å². The van der Waals surface area contributed by atoms with E-state index in [0.29, 0.717) is 0 Å². The number of hydrogen-bond acceptors (Lipinski definition) is 2. The fourth-order valence-corrected chi connectivity index (χ4v) is 3.39. The molecular formula is C13H20ClNS. The molecule has 1 nitrogen and oxygen atoms in total. The Kier molecular flexibility index (Phi) is 5.14. The molecule has 1 fully saturated rings. The average molecular weight is 258 g/mol. The lowest BCUT2D eigenvalue weighted by molar-refractivity contribution is 0.245. The number of nitrogens with zero attached hydrogens (tertiary/aromatic N) is 1. The number of likely N-dealkylation sites (tertiary alicyclic amines) is 1. The molecule has 1 aromatic rings. The second kappa shape index (κ2) is 6.63. The van der Waals surface area contributed by atoms with E-state index in [2.05, 4.69) is 21.7 Å². The van der Waals surface area contributed by atoms with E-state index in [1.54, 1.807) is 11.3 Å². The van der Waals surface area contributed by atoms with Crippen molar-refractivity contribution in [1.82, 2.24) is 4.90 Å². The SMILES string of the molecule is ClCCCC1CCCN1CCc1ccsc1. The number of thiophene rings is 1. The van der Waals surface area contributed by atoms with Gasteiger partial charge in [0.05, 0.1) is 0 Å². The molecule has 16 heavy (non-hydrogen) atoms. The second-order valence-electron chi connectivity index (χ2n) is 4.54. The first-order valence-corrected chi connectivity index (χ1v) is 7.69. The van der Waals surface area contributed by atoms with Crippen LogP contribution in [0.2, 0.25) is 0 Å². The summed E-state index contributed by atoms with van der Waals surface area (Å²) in [5.74, 6) is 0.814. The van der Waals surface area contributed by atoms with E-state index in [1.165, 1.54) is 50.8 Å². The number of hydrogen-bond donors (Lipinski definition) is 0. The van der Waals surface area contributed by atoms with Crippen molar-refractivity contribution in [2.24, 2.45) is 0 Å². The molecule has 0 spiro atoms. The molecule has 1 aromatic heterocycles. The maximum atomic E-state index is 5.77. The summed E-state index contributed by atoms with van der Waals surface area (Å²) in [6, 6.07) is 3.05. The summed E-state index contributed by atoms with van der Waals surface area (Å²) in [6.45, 7) is 2.51. The van der Waals surface area contributed by atoms with Crippen LogP contribution in [-0.4, -0.2) is 29.9 Å². The van der Waals surface area contributed by atoms with E-state index in [-0.39, 0.29) is 0 Å². The first-order valence-electron chi connectivity index (χ1n) is 6.21. The van der Waals surface area contributed by atoms with E-state index in [0.717, 1.165) is 11.9 Å². The van der Waals surface area contributed by atoms with Gasteiger partial charge in [0.25, 0.3) is 0 Å². The molecule has 0 radical (unpaired) electrons. The van der Waals surface area contributed by atoms with Gasteiger partial charge in [-0.25, -0.2) is 0 Å². The van der Waals surface area contributed by atoms with Crippen LogP contribution in [0.3, 0.4) is 0 Å². The fourth-order valence-electron chi connectivity index (χ4n) is 2.54. The Balaban J connectivity index is 1.75. The van der Waals surface area contributed by atoms with Crippen molar-refractivity contribution in [3.8, 4) is 0 Å². The summed E-state index contributed by atoms with van der Waals surface area (Å²) in [5.41, 5.74) is 1.49. The summed E-state index contributed by atoms with van der Waals surface area (Å²) in [7, 11) is 0. The molecule has 90 valence electrons. The van der Waals surface area contributed by atoms with Crippen LogP contribution in [0.25, 0.3) is 0 Å². The van der Waals surface area contributed by atoms with Crippen molar-refractivity contribution in [2.45, 2.75) is 38.1 Å². The summed E-state index contributed by atoms with van der Waals surface area (Å²) in [4.78, 5) is 2.66. The van der Waals surface area contributed by atoms with Crippen molar-refractivity contribution in [3.05, 3.63) is 22.4 Å². The molecule has 0 N–H and O–H groups in total. The van der Waals surface area contributed by atoms with Gasteiger partial charge in [-0.05, 0) is 61.0 Å². The van der Waals surface area contributed by atoms with Crippen LogP contribution in [0.15, 0.2) is 16.8 Å². The quantitative estimate of drug-likeness (QED) is 0.702. The Bertz CT molecular complexity index is 286. The van der Waals surface area contributed by atoms with Crippen LogP contribution >= 0.6 is 22.9 Å². The zero-order valence-electron chi connectivity index (χ0n) is 9.70. The Hall–Kier alpha value is -0.0500. The third-order valence-corrected chi connectivity index (χ3v) is 4.44. The van der Waals surface area contributed by atoms with E-state index in [4.69, 9.17) is 11.6 Å². The van der Waals surface area contributed by atoms with Gasteiger partial charge in [0.15, 0.2) is 0 Å². The van der Waals surface area contributed by atoms with Gasteiger partial charge in [-0.1, -0.05) is 0 Å². The van der Waals surface area contributed by atoms with Gasteiger partial charge < -0.3 is 4.90 Å². The Morgan fingerprint density at radius 2 is 2.44 bits per heavy atom. The van der Waals surface area contributed by atoms with E-state index >= 15 is 0 Å². The van der Waals surface area contributed by atoms with Gasteiger partial charge >= 0.3 is 0 Å². The monoisotopic (exact) mass is 257 g/mol. The number of rotatable bonds is 6. The van der Waals surface area contributed by atoms with Crippen molar-refractivity contribution >= 4 is 22.9 Å². The van der Waals surface area contributed by atoms with Crippen LogP contribution in [0, 0.1) is 0 Å². The van der Waals surface area contributed by atoms with Gasteiger partial charge in [0, 0.05) is 18.5 Å². The highest BCUT2D eigenvalue weighted by atomic mass is 35.5. The highest BCUT2D eigenvalue weighted by molar-refractivity contribution is 7.07. The largest absolute Gasteiger partial charge is 0.300 e. The molecule has 1 aliphatic heterocycles. The average Bonchev–Trinajstić information content (AvgIpc) is 2.94. The molecule has 0 amide bonds. The van der Waals surface area contributed by atoms with Crippen molar-refractivity contribution < 1.29 is 0 Å². The molecule has 2 rings (SSSR count). The summed E-state index contributed by atoms with van der Waals surface area (Å²) in [5, 5.41) is 4.44. The molecule has 1 atom stereocenters. The lowest BCUT2D eigenvalue weighted by Gasteiger charge is -2.23. The van der Waals surface area contributed by atoms with Crippen LogP contribution < -0.4 is 0 Å². The predicted octanol–water partition coefficient (Wildman–Crippen LogP) is 3.77. The molecule has 0 saturated carbocycles. The Morgan fingerprint density at radius 1 is 1.50 bits per heavy atom. The molecule has 0 aromatic carbocycles. The maximum absolute atomic E-state index is 5.77. The minimum absolute atomic E-state index is 0.803. The first kappa shape index (κ1) is 12.4. The zero-order valence-corrected chi connectivity index (χ0v) is 11.3. The van der Waals surface area contributed by atoms with Gasteiger partial charge in [0.2, 0.25) is 0 Å². The van der Waals surface area contributed by atoms with Crippen molar-refractivity contribution in [1.29, 1.82) is 0 Å². The van der Waals surface area contributed by atoms with Crippen LogP contribution in [-0.2, 0) is 6.42 Å².